The fraction of sp³-hybridized carbons (Fsp3) is 0.476. The van der Waals surface area contributed by atoms with Crippen LogP contribution in [0.3, 0.4) is 0 Å². The number of aromatic nitrogens is 1. The van der Waals surface area contributed by atoms with Gasteiger partial charge in [0.05, 0.1) is 28.0 Å². The van der Waals surface area contributed by atoms with Gasteiger partial charge in [-0.25, -0.2) is 4.98 Å². The van der Waals surface area contributed by atoms with Gasteiger partial charge < -0.3 is 20.8 Å². The summed E-state index contributed by atoms with van der Waals surface area (Å²) in [6, 6.07) is 7.32. The maximum Gasteiger partial charge on any atom is 0.150 e. The van der Waals surface area contributed by atoms with E-state index in [1.807, 2.05) is 6.07 Å². The number of halogens is 2. The molecule has 2 aromatic rings. The second-order valence-corrected chi connectivity index (χ2v) is 9.75. The van der Waals surface area contributed by atoms with Crippen LogP contribution < -0.4 is 10.6 Å². The second-order valence-electron chi connectivity index (χ2n) is 7.94. The molecule has 4 N–H and O–H groups in total. The first-order chi connectivity index (χ1) is 13.9. The SMILES string of the molecule is N[C@@H]1CCCC12CCN(c1cc(O)c(Sc3cccc(Cl)c3Cl)nc1CO)CC2. The van der Waals surface area contributed by atoms with Crippen molar-refractivity contribution in [2.75, 3.05) is 18.0 Å². The van der Waals surface area contributed by atoms with Gasteiger partial charge in [-0.1, -0.05) is 47.5 Å². The molecule has 1 spiro atoms. The van der Waals surface area contributed by atoms with Crippen LogP contribution in [-0.2, 0) is 6.61 Å². The number of aliphatic hydroxyl groups excluding tert-OH is 1. The van der Waals surface area contributed by atoms with Crippen LogP contribution in [-0.4, -0.2) is 34.3 Å². The smallest absolute Gasteiger partial charge is 0.150 e. The van der Waals surface area contributed by atoms with Crippen molar-refractivity contribution in [3.8, 4) is 5.75 Å². The standard InChI is InChI=1S/C21H25Cl2N3O2S/c22-13-3-1-4-17(19(13)23)29-20-16(28)11-15(14(12-27)25-20)26-9-7-21(8-10-26)6-2-5-18(21)24/h1,3-4,11,18,27-28H,2,5-10,12,24H2/t18-/m1/s1. The van der Waals surface area contributed by atoms with Crippen molar-refractivity contribution in [3.63, 3.8) is 0 Å². The van der Waals surface area contributed by atoms with Crippen LogP contribution in [0.15, 0.2) is 34.2 Å². The van der Waals surface area contributed by atoms with E-state index in [1.54, 1.807) is 18.2 Å². The Morgan fingerprint density at radius 3 is 2.66 bits per heavy atom. The van der Waals surface area contributed by atoms with Gasteiger partial charge in [0.1, 0.15) is 10.8 Å². The molecule has 1 saturated carbocycles. The van der Waals surface area contributed by atoms with E-state index in [-0.39, 0.29) is 23.8 Å². The Morgan fingerprint density at radius 2 is 2.00 bits per heavy atom. The lowest BCUT2D eigenvalue weighted by Gasteiger charge is -2.43. The minimum atomic E-state index is -0.201. The van der Waals surface area contributed by atoms with Crippen molar-refractivity contribution < 1.29 is 10.2 Å². The summed E-state index contributed by atoms with van der Waals surface area (Å²) in [6.07, 6.45) is 5.60. The number of aliphatic hydroxyl groups is 1. The number of anilines is 1. The Morgan fingerprint density at radius 1 is 1.24 bits per heavy atom. The van der Waals surface area contributed by atoms with Crippen LogP contribution in [0.2, 0.25) is 10.0 Å². The molecule has 1 aliphatic heterocycles. The minimum Gasteiger partial charge on any atom is -0.505 e. The quantitative estimate of drug-likeness (QED) is 0.614. The second kappa shape index (κ2) is 8.52. The number of benzene rings is 1. The normalized spacial score (nSPS) is 21.1. The molecular formula is C21H25Cl2N3O2S. The van der Waals surface area contributed by atoms with Crippen molar-refractivity contribution in [2.24, 2.45) is 11.1 Å². The Bertz CT molecular complexity index is 904. The first-order valence-corrected chi connectivity index (χ1v) is 11.5. The molecule has 1 aromatic heterocycles. The van der Waals surface area contributed by atoms with Crippen molar-refractivity contribution in [2.45, 2.75) is 54.7 Å². The lowest BCUT2D eigenvalue weighted by Crippen LogP contribution is -2.47. The largest absolute Gasteiger partial charge is 0.505 e. The molecule has 1 saturated heterocycles. The van der Waals surface area contributed by atoms with Crippen LogP contribution in [0.1, 0.15) is 37.8 Å². The van der Waals surface area contributed by atoms with Gasteiger partial charge in [0, 0.05) is 30.1 Å². The van der Waals surface area contributed by atoms with Gasteiger partial charge in [-0.15, -0.1) is 0 Å². The molecular weight excluding hydrogens is 429 g/mol. The third-order valence-electron chi connectivity index (χ3n) is 6.37. The highest BCUT2D eigenvalue weighted by Crippen LogP contribution is 2.47. The van der Waals surface area contributed by atoms with Gasteiger partial charge in [-0.2, -0.15) is 0 Å². The van der Waals surface area contributed by atoms with Gasteiger partial charge in [0.25, 0.3) is 0 Å². The highest BCUT2D eigenvalue weighted by Gasteiger charge is 2.43. The van der Waals surface area contributed by atoms with E-state index in [0.717, 1.165) is 38.0 Å². The molecule has 0 amide bonds. The molecule has 0 radical (unpaired) electrons. The Balaban J connectivity index is 1.56. The molecule has 156 valence electrons. The van der Waals surface area contributed by atoms with E-state index < -0.39 is 0 Å². The summed E-state index contributed by atoms with van der Waals surface area (Å²) in [5.41, 5.74) is 7.98. The Labute approximate surface area is 185 Å². The van der Waals surface area contributed by atoms with Crippen LogP contribution in [0.5, 0.6) is 5.75 Å². The Kier molecular flexibility index (Phi) is 6.19. The van der Waals surface area contributed by atoms with E-state index in [1.165, 1.54) is 24.6 Å². The number of nitrogens with two attached hydrogens (primary N) is 1. The summed E-state index contributed by atoms with van der Waals surface area (Å²) in [7, 11) is 0. The number of piperidine rings is 1. The lowest BCUT2D eigenvalue weighted by atomic mass is 9.74. The molecule has 2 fully saturated rings. The molecule has 2 aliphatic rings. The highest BCUT2D eigenvalue weighted by molar-refractivity contribution is 7.99. The predicted molar refractivity (Wildman–Crippen MR) is 118 cm³/mol. The highest BCUT2D eigenvalue weighted by atomic mass is 35.5. The summed E-state index contributed by atoms with van der Waals surface area (Å²) >= 11 is 13.6. The maximum absolute atomic E-state index is 10.6. The number of aromatic hydroxyl groups is 1. The van der Waals surface area contributed by atoms with Crippen molar-refractivity contribution in [1.29, 1.82) is 0 Å². The average Bonchev–Trinajstić information content (AvgIpc) is 3.07. The third-order valence-corrected chi connectivity index (χ3v) is 8.36. The average molecular weight is 454 g/mol. The zero-order chi connectivity index (χ0) is 20.6. The minimum absolute atomic E-state index is 0.0658. The van der Waals surface area contributed by atoms with Crippen LogP contribution in [0.4, 0.5) is 5.69 Å². The molecule has 1 aliphatic carbocycles. The van der Waals surface area contributed by atoms with E-state index in [0.29, 0.717) is 25.7 Å². The first kappa shape index (κ1) is 21.1. The van der Waals surface area contributed by atoms with E-state index >= 15 is 0 Å². The fourth-order valence-corrected chi connectivity index (χ4v) is 5.97. The molecule has 0 unspecified atom stereocenters. The zero-order valence-electron chi connectivity index (χ0n) is 16.1. The predicted octanol–water partition coefficient (Wildman–Crippen LogP) is 4.84. The summed E-state index contributed by atoms with van der Waals surface area (Å²) in [5.74, 6) is 0.0658. The van der Waals surface area contributed by atoms with Crippen molar-refractivity contribution >= 4 is 40.7 Å². The molecule has 2 heterocycles. The van der Waals surface area contributed by atoms with E-state index in [2.05, 4.69) is 9.88 Å². The molecule has 4 rings (SSSR count). The van der Waals surface area contributed by atoms with Gasteiger partial charge in [0.2, 0.25) is 0 Å². The van der Waals surface area contributed by atoms with E-state index in [9.17, 15) is 10.2 Å². The van der Waals surface area contributed by atoms with Crippen molar-refractivity contribution in [1.82, 2.24) is 4.98 Å². The lowest BCUT2D eigenvalue weighted by molar-refractivity contribution is 0.197. The Hall–Kier alpha value is -1.18. The summed E-state index contributed by atoms with van der Waals surface area (Å²) in [5, 5.41) is 21.8. The van der Waals surface area contributed by atoms with Gasteiger partial charge >= 0.3 is 0 Å². The molecule has 8 heteroatoms. The fourth-order valence-electron chi connectivity index (χ4n) is 4.62. The van der Waals surface area contributed by atoms with Crippen LogP contribution in [0, 0.1) is 5.41 Å². The molecule has 29 heavy (non-hydrogen) atoms. The van der Waals surface area contributed by atoms with Crippen LogP contribution in [0.25, 0.3) is 0 Å². The summed E-state index contributed by atoms with van der Waals surface area (Å²) in [4.78, 5) is 7.44. The van der Waals surface area contributed by atoms with Crippen molar-refractivity contribution in [3.05, 3.63) is 40.0 Å². The maximum atomic E-state index is 10.6. The molecule has 5 nitrogen and oxygen atoms in total. The summed E-state index contributed by atoms with van der Waals surface area (Å²) < 4.78 is 0. The number of hydrogen-bond acceptors (Lipinski definition) is 6. The number of hydrogen-bond donors (Lipinski definition) is 3. The summed E-state index contributed by atoms with van der Waals surface area (Å²) in [6.45, 7) is 1.51. The first-order valence-electron chi connectivity index (χ1n) is 9.90. The van der Waals surface area contributed by atoms with Crippen LogP contribution >= 0.6 is 35.0 Å². The molecule has 0 bridgehead atoms. The third kappa shape index (κ3) is 4.06. The molecule has 1 aromatic carbocycles. The van der Waals surface area contributed by atoms with Gasteiger partial charge in [-0.05, 0) is 43.2 Å². The topological polar surface area (TPSA) is 82.6 Å². The van der Waals surface area contributed by atoms with E-state index in [4.69, 9.17) is 28.9 Å². The number of nitrogens with zero attached hydrogens (tertiary/aromatic N) is 2. The van der Waals surface area contributed by atoms with Gasteiger partial charge in [-0.3, -0.25) is 0 Å². The monoisotopic (exact) mass is 453 g/mol. The number of pyridine rings is 1. The zero-order valence-corrected chi connectivity index (χ0v) is 18.4. The molecule has 1 atom stereocenters. The van der Waals surface area contributed by atoms with Gasteiger partial charge in [0.15, 0.2) is 0 Å². The number of rotatable bonds is 4.